The maximum atomic E-state index is 11.8. The highest BCUT2D eigenvalue weighted by molar-refractivity contribution is 7.17. The summed E-state index contributed by atoms with van der Waals surface area (Å²) >= 11 is 1.26. The van der Waals surface area contributed by atoms with Crippen LogP contribution in [0.3, 0.4) is 0 Å². The Kier molecular flexibility index (Phi) is 4.36. The molecule has 17 heavy (non-hydrogen) atoms. The lowest BCUT2D eigenvalue weighted by atomic mass is 10.3. The fourth-order valence-electron chi connectivity index (χ4n) is 1.34. The lowest BCUT2D eigenvalue weighted by Gasteiger charge is -2.16. The standard InChI is InChI=1S/C11H17N3O2S/c1-7-10(8(2)15)17-11(12-7)14(5)9(16)6-13(3)4/h6H2,1-5H3. The molecule has 0 N–H and O–H groups in total. The summed E-state index contributed by atoms with van der Waals surface area (Å²) in [7, 11) is 5.34. The third-order valence-corrected chi connectivity index (χ3v) is 3.55. The second-order valence-electron chi connectivity index (χ2n) is 4.16. The van der Waals surface area contributed by atoms with Gasteiger partial charge in [0.15, 0.2) is 10.9 Å². The first-order valence-corrected chi connectivity index (χ1v) is 6.04. The molecule has 94 valence electrons. The number of carbonyl (C=O) groups excluding carboxylic acids is 2. The van der Waals surface area contributed by atoms with Gasteiger partial charge in [0, 0.05) is 14.0 Å². The van der Waals surface area contributed by atoms with Crippen molar-refractivity contribution in [2.75, 3.05) is 32.6 Å². The summed E-state index contributed by atoms with van der Waals surface area (Å²) in [6, 6.07) is 0. The van der Waals surface area contributed by atoms with E-state index >= 15 is 0 Å². The molecule has 0 atom stereocenters. The Hall–Kier alpha value is -1.27. The summed E-state index contributed by atoms with van der Waals surface area (Å²) in [6.45, 7) is 3.61. The van der Waals surface area contributed by atoms with Gasteiger partial charge >= 0.3 is 0 Å². The molecule has 0 saturated carbocycles. The molecule has 1 rings (SSSR count). The van der Waals surface area contributed by atoms with E-state index in [1.54, 1.807) is 18.9 Å². The van der Waals surface area contributed by atoms with Gasteiger partial charge in [-0.3, -0.25) is 14.5 Å². The number of likely N-dealkylation sites (N-methyl/N-ethyl adjacent to an activating group) is 2. The molecule has 0 saturated heterocycles. The van der Waals surface area contributed by atoms with Crippen LogP contribution in [0.2, 0.25) is 0 Å². The molecule has 1 heterocycles. The summed E-state index contributed by atoms with van der Waals surface area (Å²) in [5.74, 6) is -0.0569. The van der Waals surface area contributed by atoms with E-state index in [-0.39, 0.29) is 11.7 Å². The van der Waals surface area contributed by atoms with Gasteiger partial charge in [-0.25, -0.2) is 4.98 Å². The monoisotopic (exact) mass is 255 g/mol. The minimum atomic E-state index is -0.0427. The molecular weight excluding hydrogens is 238 g/mol. The van der Waals surface area contributed by atoms with E-state index in [9.17, 15) is 9.59 Å². The van der Waals surface area contributed by atoms with Crippen molar-refractivity contribution < 1.29 is 9.59 Å². The average molecular weight is 255 g/mol. The predicted octanol–water partition coefficient (Wildman–Crippen LogP) is 1.18. The zero-order valence-electron chi connectivity index (χ0n) is 10.8. The molecule has 0 unspecified atom stereocenters. The molecule has 1 amide bonds. The Balaban J connectivity index is 2.89. The summed E-state index contributed by atoms with van der Waals surface area (Å²) < 4.78 is 0. The van der Waals surface area contributed by atoms with E-state index < -0.39 is 0 Å². The van der Waals surface area contributed by atoms with Crippen LogP contribution < -0.4 is 4.90 Å². The van der Waals surface area contributed by atoms with Crippen LogP contribution in [0.5, 0.6) is 0 Å². The van der Waals surface area contributed by atoms with Crippen molar-refractivity contribution in [1.82, 2.24) is 9.88 Å². The lowest BCUT2D eigenvalue weighted by molar-refractivity contribution is -0.118. The van der Waals surface area contributed by atoms with Crippen molar-refractivity contribution in [2.45, 2.75) is 13.8 Å². The van der Waals surface area contributed by atoms with Crippen molar-refractivity contribution in [3.63, 3.8) is 0 Å². The number of ketones is 1. The van der Waals surface area contributed by atoms with Crippen LogP contribution in [0, 0.1) is 6.92 Å². The fourth-order valence-corrected chi connectivity index (χ4v) is 2.28. The molecule has 0 aliphatic heterocycles. The van der Waals surface area contributed by atoms with Gasteiger partial charge in [-0.05, 0) is 21.0 Å². The Morgan fingerprint density at radius 3 is 2.29 bits per heavy atom. The molecule has 0 aliphatic carbocycles. The van der Waals surface area contributed by atoms with Crippen molar-refractivity contribution in [2.24, 2.45) is 0 Å². The molecule has 1 aromatic heterocycles. The third kappa shape index (κ3) is 3.34. The quantitative estimate of drug-likeness (QED) is 0.758. The van der Waals surface area contributed by atoms with Crippen molar-refractivity contribution in [1.29, 1.82) is 0 Å². The molecule has 0 bridgehead atoms. The zero-order valence-corrected chi connectivity index (χ0v) is 11.6. The van der Waals surface area contributed by atoms with E-state index in [1.165, 1.54) is 23.2 Å². The molecule has 0 aromatic carbocycles. The van der Waals surface area contributed by atoms with Gasteiger partial charge in [0.25, 0.3) is 0 Å². The van der Waals surface area contributed by atoms with Gasteiger partial charge in [0.05, 0.1) is 17.1 Å². The number of amides is 1. The first-order valence-electron chi connectivity index (χ1n) is 5.22. The lowest BCUT2D eigenvalue weighted by Crippen LogP contribution is -2.34. The summed E-state index contributed by atoms with van der Waals surface area (Å²) in [4.78, 5) is 31.3. The molecule has 6 heteroatoms. The molecule has 0 spiro atoms. The molecular formula is C11H17N3O2S. The van der Waals surface area contributed by atoms with E-state index in [0.717, 1.165) is 0 Å². The summed E-state index contributed by atoms with van der Waals surface area (Å²) in [6.07, 6.45) is 0. The topological polar surface area (TPSA) is 53.5 Å². The van der Waals surface area contributed by atoms with Gasteiger partial charge < -0.3 is 4.90 Å². The van der Waals surface area contributed by atoms with Crippen LogP contribution in [-0.2, 0) is 4.79 Å². The fraction of sp³-hybridized carbons (Fsp3) is 0.545. The number of thiazole rings is 1. The largest absolute Gasteiger partial charge is 0.301 e. The zero-order chi connectivity index (χ0) is 13.2. The highest BCUT2D eigenvalue weighted by Gasteiger charge is 2.18. The summed E-state index contributed by atoms with van der Waals surface area (Å²) in [5.41, 5.74) is 0.682. The van der Waals surface area contributed by atoms with E-state index in [4.69, 9.17) is 0 Å². The van der Waals surface area contributed by atoms with Crippen LogP contribution >= 0.6 is 11.3 Å². The second kappa shape index (κ2) is 5.37. The number of hydrogen-bond donors (Lipinski definition) is 0. The molecule has 1 aromatic rings. The van der Waals surface area contributed by atoms with Gasteiger partial charge in [0.1, 0.15) is 0 Å². The average Bonchev–Trinajstić information content (AvgIpc) is 2.58. The van der Waals surface area contributed by atoms with Crippen LogP contribution in [0.4, 0.5) is 5.13 Å². The number of aryl methyl sites for hydroxylation is 1. The molecule has 0 fully saturated rings. The second-order valence-corrected chi connectivity index (χ2v) is 5.14. The molecule has 0 aliphatic rings. The summed E-state index contributed by atoms with van der Waals surface area (Å²) in [5, 5.41) is 0.569. The Morgan fingerprint density at radius 1 is 1.29 bits per heavy atom. The van der Waals surface area contributed by atoms with Gasteiger partial charge in [-0.1, -0.05) is 11.3 Å². The van der Waals surface area contributed by atoms with E-state index in [0.29, 0.717) is 22.2 Å². The Bertz CT molecular complexity index is 440. The van der Waals surface area contributed by atoms with Crippen molar-refractivity contribution in [3.05, 3.63) is 10.6 Å². The highest BCUT2D eigenvalue weighted by Crippen LogP contribution is 2.25. The van der Waals surface area contributed by atoms with Crippen LogP contribution in [0.1, 0.15) is 22.3 Å². The van der Waals surface area contributed by atoms with Crippen LogP contribution in [-0.4, -0.2) is 49.3 Å². The van der Waals surface area contributed by atoms with Crippen LogP contribution in [0.15, 0.2) is 0 Å². The maximum absolute atomic E-state index is 11.8. The van der Waals surface area contributed by atoms with E-state index in [2.05, 4.69) is 4.98 Å². The number of Topliss-reactive ketones (excluding diaryl/α,β-unsaturated/α-hetero) is 1. The molecule has 5 nitrogen and oxygen atoms in total. The van der Waals surface area contributed by atoms with Gasteiger partial charge in [-0.2, -0.15) is 0 Å². The van der Waals surface area contributed by atoms with Gasteiger partial charge in [0.2, 0.25) is 5.91 Å². The number of aromatic nitrogens is 1. The van der Waals surface area contributed by atoms with Gasteiger partial charge in [-0.15, -0.1) is 0 Å². The number of hydrogen-bond acceptors (Lipinski definition) is 5. The number of carbonyl (C=O) groups is 2. The third-order valence-electron chi connectivity index (χ3n) is 2.22. The Morgan fingerprint density at radius 2 is 1.88 bits per heavy atom. The van der Waals surface area contributed by atoms with Crippen LogP contribution in [0.25, 0.3) is 0 Å². The smallest absolute Gasteiger partial charge is 0.242 e. The van der Waals surface area contributed by atoms with Crippen molar-refractivity contribution in [3.8, 4) is 0 Å². The minimum absolute atomic E-state index is 0.0142. The first-order chi connectivity index (χ1) is 7.82. The number of rotatable bonds is 4. The van der Waals surface area contributed by atoms with Crippen molar-refractivity contribution >= 4 is 28.2 Å². The normalized spacial score (nSPS) is 10.7. The van der Waals surface area contributed by atoms with E-state index in [1.807, 2.05) is 14.1 Å². The SMILES string of the molecule is CC(=O)c1sc(N(C)C(=O)CN(C)C)nc1C. The highest BCUT2D eigenvalue weighted by atomic mass is 32.1. The number of nitrogens with zero attached hydrogens (tertiary/aromatic N) is 3. The Labute approximate surface area is 105 Å². The maximum Gasteiger partial charge on any atom is 0.242 e. The number of anilines is 1. The minimum Gasteiger partial charge on any atom is -0.301 e. The predicted molar refractivity (Wildman–Crippen MR) is 68.8 cm³/mol. The first kappa shape index (κ1) is 13.8. The molecule has 0 radical (unpaired) electrons.